The third-order valence-corrected chi connectivity index (χ3v) is 2.58. The summed E-state index contributed by atoms with van der Waals surface area (Å²) in [4.78, 5) is 11.5. The first-order chi connectivity index (χ1) is 8.65. The maximum Gasteiger partial charge on any atom is 0.262 e. The average Bonchev–Trinajstić information content (AvgIpc) is 2.83. The van der Waals surface area contributed by atoms with Crippen molar-refractivity contribution >= 4 is 34.8 Å². The van der Waals surface area contributed by atoms with E-state index in [0.717, 1.165) is 0 Å². The van der Waals surface area contributed by atoms with E-state index < -0.39 is 0 Å². The number of carbonyl (C=O) groups excluding carboxylic acids is 1. The Morgan fingerprint density at radius 1 is 1.44 bits per heavy atom. The molecule has 2 rings (SSSR count). The van der Waals surface area contributed by atoms with Crippen LogP contribution in [0.1, 0.15) is 0 Å². The minimum atomic E-state index is -0.313. The number of halogens is 2. The van der Waals surface area contributed by atoms with Crippen LogP contribution in [-0.4, -0.2) is 22.7 Å². The Balaban J connectivity index is 1.91. The molecule has 2 aromatic rings. The van der Waals surface area contributed by atoms with Gasteiger partial charge in [-0.25, -0.2) is 0 Å². The summed E-state index contributed by atoms with van der Waals surface area (Å²) < 4.78 is 5.27. The van der Waals surface area contributed by atoms with Gasteiger partial charge in [0.1, 0.15) is 5.75 Å². The summed E-state index contributed by atoms with van der Waals surface area (Å²) in [5.74, 6) is 0.0546. The van der Waals surface area contributed by atoms with Gasteiger partial charge in [-0.1, -0.05) is 23.2 Å². The Morgan fingerprint density at radius 2 is 2.28 bits per heavy atom. The van der Waals surface area contributed by atoms with Crippen LogP contribution in [0.2, 0.25) is 10.0 Å². The van der Waals surface area contributed by atoms with Crippen LogP contribution in [-0.2, 0) is 4.79 Å². The number of aromatic nitrogens is 2. The van der Waals surface area contributed by atoms with E-state index in [-0.39, 0.29) is 12.5 Å². The van der Waals surface area contributed by atoms with Gasteiger partial charge in [-0.3, -0.25) is 9.89 Å². The molecule has 18 heavy (non-hydrogen) atoms. The van der Waals surface area contributed by atoms with Crippen molar-refractivity contribution in [1.29, 1.82) is 0 Å². The number of hydrogen-bond acceptors (Lipinski definition) is 3. The van der Waals surface area contributed by atoms with E-state index in [1.807, 2.05) is 0 Å². The third kappa shape index (κ3) is 3.38. The van der Waals surface area contributed by atoms with Crippen molar-refractivity contribution in [2.24, 2.45) is 0 Å². The zero-order valence-electron chi connectivity index (χ0n) is 9.11. The molecule has 94 valence electrons. The summed E-state index contributed by atoms with van der Waals surface area (Å²) in [6.45, 7) is -0.161. The highest BCUT2D eigenvalue weighted by atomic mass is 35.5. The first-order valence-electron chi connectivity index (χ1n) is 5.01. The molecular weight excluding hydrogens is 277 g/mol. The molecule has 1 aromatic carbocycles. The number of carbonyl (C=O) groups is 1. The van der Waals surface area contributed by atoms with Crippen molar-refractivity contribution in [3.63, 3.8) is 0 Å². The predicted octanol–water partition coefficient (Wildman–Crippen LogP) is 2.73. The Kier molecular flexibility index (Phi) is 4.07. The first kappa shape index (κ1) is 12.7. The molecule has 1 aromatic heterocycles. The van der Waals surface area contributed by atoms with Crippen LogP contribution in [0.25, 0.3) is 0 Å². The lowest BCUT2D eigenvalue weighted by Gasteiger charge is -2.08. The fourth-order valence-corrected chi connectivity index (χ4v) is 1.58. The number of ether oxygens (including phenoxy) is 1. The number of hydrogen-bond donors (Lipinski definition) is 2. The molecule has 5 nitrogen and oxygen atoms in total. The summed E-state index contributed by atoms with van der Waals surface area (Å²) in [5.41, 5.74) is 0.570. The number of nitrogens with zero attached hydrogens (tertiary/aromatic N) is 1. The van der Waals surface area contributed by atoms with Gasteiger partial charge in [-0.15, -0.1) is 0 Å². The van der Waals surface area contributed by atoms with Gasteiger partial charge in [0.15, 0.2) is 6.61 Å². The fraction of sp³-hybridized carbons (Fsp3) is 0.0909. The topological polar surface area (TPSA) is 67.0 Å². The molecule has 0 fully saturated rings. The lowest BCUT2D eigenvalue weighted by molar-refractivity contribution is -0.118. The van der Waals surface area contributed by atoms with Gasteiger partial charge >= 0.3 is 0 Å². The molecule has 0 atom stereocenters. The molecule has 0 aliphatic rings. The largest absolute Gasteiger partial charge is 0.482 e. The Labute approximate surface area is 113 Å². The second-order valence-electron chi connectivity index (χ2n) is 3.40. The van der Waals surface area contributed by atoms with Gasteiger partial charge in [0.2, 0.25) is 0 Å². The number of rotatable bonds is 4. The number of anilines is 1. The van der Waals surface area contributed by atoms with Crippen molar-refractivity contribution in [3.05, 3.63) is 40.6 Å². The van der Waals surface area contributed by atoms with Crippen molar-refractivity contribution in [2.45, 2.75) is 0 Å². The van der Waals surface area contributed by atoms with E-state index in [1.54, 1.807) is 24.4 Å². The monoisotopic (exact) mass is 285 g/mol. The summed E-state index contributed by atoms with van der Waals surface area (Å²) in [5, 5.41) is 9.76. The van der Waals surface area contributed by atoms with Crippen LogP contribution in [0.15, 0.2) is 30.6 Å². The maximum atomic E-state index is 11.5. The van der Waals surface area contributed by atoms with Crippen molar-refractivity contribution in [2.75, 3.05) is 11.9 Å². The van der Waals surface area contributed by atoms with E-state index in [1.165, 1.54) is 6.20 Å². The summed E-state index contributed by atoms with van der Waals surface area (Å²) >= 11 is 11.7. The number of amides is 1. The zero-order chi connectivity index (χ0) is 13.0. The third-order valence-electron chi connectivity index (χ3n) is 2.03. The van der Waals surface area contributed by atoms with Crippen LogP contribution < -0.4 is 10.1 Å². The average molecular weight is 286 g/mol. The molecular formula is C11H9Cl2N3O2. The lowest BCUT2D eigenvalue weighted by atomic mass is 10.3. The van der Waals surface area contributed by atoms with E-state index in [4.69, 9.17) is 27.9 Å². The predicted molar refractivity (Wildman–Crippen MR) is 69.2 cm³/mol. The van der Waals surface area contributed by atoms with Gasteiger partial charge in [-0.2, -0.15) is 5.10 Å². The van der Waals surface area contributed by atoms with Gasteiger partial charge in [0, 0.05) is 17.3 Å². The second kappa shape index (κ2) is 5.75. The molecule has 1 heterocycles. The standard InChI is InChI=1S/C11H9Cl2N3O2/c12-7-1-2-9(13)10(3-7)18-6-11(17)16-8-4-14-15-5-8/h1-5H,6H2,(H,14,15)(H,16,17). The Hall–Kier alpha value is -1.72. The summed E-state index contributed by atoms with van der Waals surface area (Å²) in [6, 6.07) is 4.80. The maximum absolute atomic E-state index is 11.5. The fourth-order valence-electron chi connectivity index (χ4n) is 1.25. The smallest absolute Gasteiger partial charge is 0.262 e. The Morgan fingerprint density at radius 3 is 3.00 bits per heavy atom. The van der Waals surface area contributed by atoms with Crippen molar-refractivity contribution in [3.8, 4) is 5.75 Å². The normalized spacial score (nSPS) is 10.1. The van der Waals surface area contributed by atoms with E-state index >= 15 is 0 Å². The molecule has 2 N–H and O–H groups in total. The van der Waals surface area contributed by atoms with Gasteiger partial charge in [0.05, 0.1) is 16.9 Å². The van der Waals surface area contributed by atoms with Crippen LogP contribution in [0, 0.1) is 0 Å². The first-order valence-corrected chi connectivity index (χ1v) is 5.77. The van der Waals surface area contributed by atoms with Crippen molar-refractivity contribution < 1.29 is 9.53 Å². The molecule has 0 unspecified atom stereocenters. The number of nitrogens with one attached hydrogen (secondary N) is 2. The van der Waals surface area contributed by atoms with Gasteiger partial charge < -0.3 is 10.1 Å². The summed E-state index contributed by atoms with van der Waals surface area (Å²) in [7, 11) is 0. The molecule has 0 saturated heterocycles. The molecule has 1 amide bonds. The number of benzene rings is 1. The van der Waals surface area contributed by atoms with Gasteiger partial charge in [0.25, 0.3) is 5.91 Å². The van der Waals surface area contributed by atoms with Crippen LogP contribution in [0.5, 0.6) is 5.75 Å². The molecule has 0 bridgehead atoms. The second-order valence-corrected chi connectivity index (χ2v) is 4.24. The van der Waals surface area contributed by atoms with Crippen LogP contribution in [0.3, 0.4) is 0 Å². The zero-order valence-corrected chi connectivity index (χ0v) is 10.6. The number of aromatic amines is 1. The minimum absolute atomic E-state index is 0.161. The van der Waals surface area contributed by atoms with E-state index in [2.05, 4.69) is 15.5 Å². The lowest BCUT2D eigenvalue weighted by Crippen LogP contribution is -2.19. The molecule has 0 spiro atoms. The highest BCUT2D eigenvalue weighted by Gasteiger charge is 2.07. The highest BCUT2D eigenvalue weighted by Crippen LogP contribution is 2.27. The van der Waals surface area contributed by atoms with Crippen LogP contribution in [0.4, 0.5) is 5.69 Å². The van der Waals surface area contributed by atoms with Gasteiger partial charge in [-0.05, 0) is 12.1 Å². The SMILES string of the molecule is O=C(COc1cc(Cl)ccc1Cl)Nc1cn[nH]c1. The molecule has 0 aliphatic heterocycles. The summed E-state index contributed by atoms with van der Waals surface area (Å²) in [6.07, 6.45) is 3.05. The molecule has 0 aliphatic carbocycles. The van der Waals surface area contributed by atoms with E-state index in [0.29, 0.717) is 21.5 Å². The molecule has 7 heteroatoms. The van der Waals surface area contributed by atoms with Crippen molar-refractivity contribution in [1.82, 2.24) is 10.2 Å². The molecule has 0 saturated carbocycles. The Bertz CT molecular complexity index is 543. The highest BCUT2D eigenvalue weighted by molar-refractivity contribution is 6.34. The van der Waals surface area contributed by atoms with E-state index in [9.17, 15) is 4.79 Å². The van der Waals surface area contributed by atoms with Crippen LogP contribution >= 0.6 is 23.2 Å². The molecule has 0 radical (unpaired) electrons. The number of H-pyrrole nitrogens is 1. The quantitative estimate of drug-likeness (QED) is 0.908. The minimum Gasteiger partial charge on any atom is -0.482 e.